The van der Waals surface area contributed by atoms with Crippen LogP contribution in [0.25, 0.3) is 0 Å². The lowest BCUT2D eigenvalue weighted by Gasteiger charge is -2.09. The summed E-state index contributed by atoms with van der Waals surface area (Å²) in [5.41, 5.74) is 4.12. The summed E-state index contributed by atoms with van der Waals surface area (Å²) in [5, 5.41) is 28.8. The number of phenols is 1. The third kappa shape index (κ3) is 3.40. The normalized spacial score (nSPS) is 12.9. The van der Waals surface area contributed by atoms with Crippen molar-refractivity contribution < 1.29 is 32.9 Å². The van der Waals surface area contributed by atoms with Gasteiger partial charge in [-0.2, -0.15) is 8.42 Å². The largest absolute Gasteiger partial charge is 0.501 e. The fourth-order valence-electron chi connectivity index (χ4n) is 1.44. The number of carbonyl (C=O) groups is 1. The highest BCUT2D eigenvalue weighted by atomic mass is 32.2. The Bertz CT molecular complexity index is 669. The van der Waals surface area contributed by atoms with Gasteiger partial charge in [0, 0.05) is 6.07 Å². The maximum absolute atomic E-state index is 11.0. The molecule has 0 aliphatic heterocycles. The fraction of sp³-hybridized carbons (Fsp3) is 0.222. The van der Waals surface area contributed by atoms with Crippen LogP contribution in [-0.2, 0) is 21.3 Å². The summed E-state index contributed by atoms with van der Waals surface area (Å²) >= 11 is 0. The number of hydrogen-bond acceptors (Lipinski definition) is 7. The monoisotopic (exact) mass is 306 g/mol. The van der Waals surface area contributed by atoms with E-state index in [0.29, 0.717) is 0 Å². The minimum Gasteiger partial charge on any atom is -0.501 e. The van der Waals surface area contributed by atoms with Crippen molar-refractivity contribution in [2.24, 2.45) is 5.73 Å². The van der Waals surface area contributed by atoms with Crippen molar-refractivity contribution in [3.63, 3.8) is 0 Å². The number of aliphatic carboxylic acids is 1. The molecule has 0 aromatic heterocycles. The quantitative estimate of drug-likeness (QED) is 0.316. The lowest BCUT2D eigenvalue weighted by Crippen LogP contribution is -2.32. The summed E-state index contributed by atoms with van der Waals surface area (Å²) in [7, 11) is -4.91. The van der Waals surface area contributed by atoms with Crippen molar-refractivity contribution in [1.29, 1.82) is 0 Å². The van der Waals surface area contributed by atoms with Crippen LogP contribution in [0.15, 0.2) is 17.0 Å². The molecule has 10 nitrogen and oxygen atoms in total. The zero-order chi connectivity index (χ0) is 15.7. The van der Waals surface area contributed by atoms with E-state index in [1.807, 2.05) is 0 Å². The van der Waals surface area contributed by atoms with Crippen LogP contribution in [0, 0.1) is 10.1 Å². The van der Waals surface area contributed by atoms with Crippen LogP contribution in [0.1, 0.15) is 5.56 Å². The van der Waals surface area contributed by atoms with Crippen LogP contribution in [0.3, 0.4) is 0 Å². The summed E-state index contributed by atoms with van der Waals surface area (Å²) < 4.78 is 30.9. The molecule has 0 spiro atoms. The van der Waals surface area contributed by atoms with Gasteiger partial charge in [-0.3, -0.25) is 19.5 Å². The van der Waals surface area contributed by atoms with Crippen molar-refractivity contribution in [2.45, 2.75) is 17.4 Å². The maximum Gasteiger partial charge on any atom is 0.320 e. The van der Waals surface area contributed by atoms with E-state index in [1.54, 1.807) is 0 Å². The third-order valence-corrected chi connectivity index (χ3v) is 3.23. The lowest BCUT2D eigenvalue weighted by molar-refractivity contribution is -0.386. The van der Waals surface area contributed by atoms with Gasteiger partial charge in [-0.05, 0) is 18.1 Å². The fourth-order valence-corrected chi connectivity index (χ4v) is 2.09. The molecular weight excluding hydrogens is 296 g/mol. The molecule has 20 heavy (non-hydrogen) atoms. The van der Waals surface area contributed by atoms with E-state index < -0.39 is 49.8 Å². The van der Waals surface area contributed by atoms with E-state index in [2.05, 4.69) is 0 Å². The Kier molecular flexibility index (Phi) is 4.27. The first-order chi connectivity index (χ1) is 9.04. The number of phenolic OH excluding ortho intramolecular Hbond substituents is 1. The van der Waals surface area contributed by atoms with Crippen LogP contribution < -0.4 is 5.73 Å². The van der Waals surface area contributed by atoms with Gasteiger partial charge in [0.15, 0.2) is 0 Å². The molecule has 5 N–H and O–H groups in total. The Hall–Kier alpha value is -2.24. The Morgan fingerprint density at radius 2 is 2.00 bits per heavy atom. The first-order valence-corrected chi connectivity index (χ1v) is 6.44. The van der Waals surface area contributed by atoms with Gasteiger partial charge < -0.3 is 15.9 Å². The number of benzene rings is 1. The first kappa shape index (κ1) is 15.8. The smallest absolute Gasteiger partial charge is 0.320 e. The molecule has 0 bridgehead atoms. The number of nitrogens with two attached hydrogens (primary N) is 1. The van der Waals surface area contributed by atoms with Crippen molar-refractivity contribution in [3.05, 3.63) is 27.8 Å². The van der Waals surface area contributed by atoms with Gasteiger partial charge in [0.2, 0.25) is 5.75 Å². The average Bonchev–Trinajstić information content (AvgIpc) is 2.28. The van der Waals surface area contributed by atoms with Crippen LogP contribution in [0.5, 0.6) is 5.75 Å². The maximum atomic E-state index is 11.0. The third-order valence-electron chi connectivity index (χ3n) is 2.36. The highest BCUT2D eigenvalue weighted by Gasteiger charge is 2.27. The highest BCUT2D eigenvalue weighted by Crippen LogP contribution is 2.34. The van der Waals surface area contributed by atoms with Crippen molar-refractivity contribution in [3.8, 4) is 5.75 Å². The molecule has 1 aromatic carbocycles. The standard InChI is InChI=1S/C9H10N2O8S/c10-5(9(13)14)1-4-2-6(11(15)16)8(12)7(3-4)20(17,18)19/h2-3,5,12H,1,10H2,(H,13,14)(H,17,18,19)/t5-/m0/s1. The van der Waals surface area contributed by atoms with Crippen molar-refractivity contribution >= 4 is 21.8 Å². The molecule has 110 valence electrons. The van der Waals surface area contributed by atoms with Crippen LogP contribution in [0.4, 0.5) is 5.69 Å². The predicted molar refractivity (Wildman–Crippen MR) is 63.9 cm³/mol. The number of nitrogens with zero attached hydrogens (tertiary/aromatic N) is 1. The number of carboxylic acids is 1. The SMILES string of the molecule is N[C@@H](Cc1cc([N+](=O)[O-])c(O)c(S(=O)(=O)O)c1)C(=O)O. The molecular formula is C9H10N2O8S. The second-order valence-electron chi connectivity index (χ2n) is 3.84. The van der Waals surface area contributed by atoms with Gasteiger partial charge in [-0.15, -0.1) is 0 Å². The van der Waals surface area contributed by atoms with E-state index in [1.165, 1.54) is 0 Å². The first-order valence-electron chi connectivity index (χ1n) is 5.00. The van der Waals surface area contributed by atoms with Gasteiger partial charge in [0.05, 0.1) is 4.92 Å². The van der Waals surface area contributed by atoms with Gasteiger partial charge in [-0.25, -0.2) is 0 Å². The van der Waals surface area contributed by atoms with E-state index in [-0.39, 0.29) is 5.56 Å². The molecule has 0 unspecified atom stereocenters. The van der Waals surface area contributed by atoms with E-state index in [4.69, 9.17) is 15.4 Å². The van der Waals surface area contributed by atoms with Crippen molar-refractivity contribution in [2.75, 3.05) is 0 Å². The lowest BCUT2D eigenvalue weighted by atomic mass is 10.1. The number of nitro benzene ring substituents is 1. The molecule has 0 aliphatic rings. The Labute approximate surface area is 112 Å². The predicted octanol–water partition coefficient (Wildman–Crippen LogP) is -0.499. The highest BCUT2D eigenvalue weighted by molar-refractivity contribution is 7.86. The summed E-state index contributed by atoms with van der Waals surface area (Å²) in [4.78, 5) is 19.1. The molecule has 11 heteroatoms. The molecule has 1 aromatic rings. The van der Waals surface area contributed by atoms with Gasteiger partial charge >= 0.3 is 11.7 Å². The number of carboxylic acid groups (broad SMARTS) is 1. The Balaban J connectivity index is 3.45. The molecule has 0 aliphatic carbocycles. The summed E-state index contributed by atoms with van der Waals surface area (Å²) in [5.74, 6) is -2.63. The van der Waals surface area contributed by atoms with Crippen LogP contribution in [-0.4, -0.2) is 40.1 Å². The topological polar surface area (TPSA) is 181 Å². The summed E-state index contributed by atoms with van der Waals surface area (Å²) in [6.07, 6.45) is -0.418. The molecule has 0 amide bonds. The zero-order valence-electron chi connectivity index (χ0n) is 9.75. The van der Waals surface area contributed by atoms with E-state index in [9.17, 15) is 28.4 Å². The zero-order valence-corrected chi connectivity index (χ0v) is 10.6. The number of hydrogen-bond donors (Lipinski definition) is 4. The van der Waals surface area contributed by atoms with E-state index >= 15 is 0 Å². The molecule has 1 rings (SSSR count). The van der Waals surface area contributed by atoms with Gasteiger partial charge in [0.25, 0.3) is 10.1 Å². The number of rotatable bonds is 5. The minimum atomic E-state index is -4.91. The second-order valence-corrected chi connectivity index (χ2v) is 5.23. The molecule has 0 radical (unpaired) electrons. The average molecular weight is 306 g/mol. The minimum absolute atomic E-state index is 0.128. The van der Waals surface area contributed by atoms with Crippen LogP contribution in [0.2, 0.25) is 0 Å². The van der Waals surface area contributed by atoms with Crippen LogP contribution >= 0.6 is 0 Å². The number of aromatic hydroxyl groups is 1. The molecule has 0 saturated carbocycles. The molecule has 1 atom stereocenters. The Morgan fingerprint density at radius 3 is 2.40 bits per heavy atom. The van der Waals surface area contributed by atoms with Gasteiger partial charge in [0.1, 0.15) is 10.9 Å². The molecule has 0 heterocycles. The summed E-state index contributed by atoms with van der Waals surface area (Å²) in [6, 6.07) is 0.0844. The molecule has 0 saturated heterocycles. The summed E-state index contributed by atoms with van der Waals surface area (Å²) in [6.45, 7) is 0. The second kappa shape index (κ2) is 5.40. The van der Waals surface area contributed by atoms with Crippen molar-refractivity contribution in [1.82, 2.24) is 0 Å². The van der Waals surface area contributed by atoms with E-state index in [0.717, 1.165) is 12.1 Å². The molecule has 0 fully saturated rings. The van der Waals surface area contributed by atoms with Gasteiger partial charge in [-0.1, -0.05) is 0 Å². The Morgan fingerprint density at radius 1 is 1.45 bits per heavy atom. The number of nitro groups is 1.